The molecule has 116 valence electrons. The van der Waals surface area contributed by atoms with Gasteiger partial charge in [-0.15, -0.1) is 10.2 Å². The fourth-order valence-corrected chi connectivity index (χ4v) is 3.38. The van der Waals surface area contributed by atoms with Crippen molar-refractivity contribution >= 4 is 0 Å². The molecule has 0 radical (unpaired) electrons. The van der Waals surface area contributed by atoms with Gasteiger partial charge in [0.2, 0.25) is 11.8 Å². The van der Waals surface area contributed by atoms with E-state index < -0.39 is 0 Å². The number of piperidine rings is 1. The van der Waals surface area contributed by atoms with Crippen LogP contribution in [-0.2, 0) is 13.0 Å². The summed E-state index contributed by atoms with van der Waals surface area (Å²) >= 11 is 0. The Labute approximate surface area is 131 Å². The van der Waals surface area contributed by atoms with Crippen LogP contribution in [-0.4, -0.2) is 27.7 Å². The number of likely N-dealkylation sites (tertiary alicyclic amines) is 1. The second-order valence-corrected chi connectivity index (χ2v) is 6.62. The Morgan fingerprint density at radius 3 is 2.73 bits per heavy atom. The van der Waals surface area contributed by atoms with Crippen molar-refractivity contribution in [3.05, 3.63) is 47.7 Å². The second kappa shape index (κ2) is 6.21. The van der Waals surface area contributed by atoms with Crippen LogP contribution in [0.5, 0.6) is 0 Å². The molecule has 1 saturated carbocycles. The third-order valence-corrected chi connectivity index (χ3v) is 4.81. The Bertz CT molecular complexity index is 606. The average molecular weight is 297 g/mol. The molecule has 2 aliphatic rings. The molecule has 4 rings (SSSR count). The zero-order valence-corrected chi connectivity index (χ0v) is 12.9. The molecule has 4 heteroatoms. The number of nitrogens with zero attached hydrogens (tertiary/aromatic N) is 3. The largest absolute Gasteiger partial charge is 0.424 e. The number of benzene rings is 1. The van der Waals surface area contributed by atoms with Gasteiger partial charge in [0.25, 0.3) is 0 Å². The van der Waals surface area contributed by atoms with Gasteiger partial charge in [0.15, 0.2) is 0 Å². The molecule has 0 bridgehead atoms. The maximum atomic E-state index is 5.84. The summed E-state index contributed by atoms with van der Waals surface area (Å²) in [5.74, 6) is 2.19. The lowest BCUT2D eigenvalue weighted by Gasteiger charge is -2.34. The summed E-state index contributed by atoms with van der Waals surface area (Å²) < 4.78 is 5.84. The van der Waals surface area contributed by atoms with Crippen LogP contribution in [0.4, 0.5) is 0 Å². The molecule has 1 aromatic carbocycles. The molecule has 4 nitrogen and oxygen atoms in total. The Balaban J connectivity index is 1.43. The first-order chi connectivity index (χ1) is 10.9. The van der Waals surface area contributed by atoms with Gasteiger partial charge in [-0.05, 0) is 44.2 Å². The van der Waals surface area contributed by atoms with Gasteiger partial charge in [-0.25, -0.2) is 0 Å². The highest BCUT2D eigenvalue weighted by Crippen LogP contribution is 2.39. The second-order valence-electron chi connectivity index (χ2n) is 6.62. The molecule has 2 heterocycles. The highest BCUT2D eigenvalue weighted by Gasteiger charge is 2.30. The first kappa shape index (κ1) is 13.9. The first-order valence-corrected chi connectivity index (χ1v) is 8.49. The van der Waals surface area contributed by atoms with E-state index in [0.29, 0.717) is 12.0 Å². The van der Waals surface area contributed by atoms with E-state index in [4.69, 9.17) is 4.42 Å². The van der Waals surface area contributed by atoms with Gasteiger partial charge >= 0.3 is 0 Å². The molecule has 1 unspecified atom stereocenters. The van der Waals surface area contributed by atoms with Crippen LogP contribution in [0.15, 0.2) is 34.7 Å². The predicted molar refractivity (Wildman–Crippen MR) is 84.5 cm³/mol. The lowest BCUT2D eigenvalue weighted by atomic mass is 9.95. The summed E-state index contributed by atoms with van der Waals surface area (Å²) in [6.07, 6.45) is 7.40. The number of aromatic nitrogens is 2. The Hall–Kier alpha value is -1.68. The van der Waals surface area contributed by atoms with E-state index in [1.807, 2.05) is 0 Å². The summed E-state index contributed by atoms with van der Waals surface area (Å²) in [4.78, 5) is 2.53. The van der Waals surface area contributed by atoms with Gasteiger partial charge in [0.1, 0.15) is 0 Å². The zero-order chi connectivity index (χ0) is 14.8. The van der Waals surface area contributed by atoms with Gasteiger partial charge in [-0.1, -0.05) is 36.8 Å². The van der Waals surface area contributed by atoms with Crippen molar-refractivity contribution in [1.29, 1.82) is 0 Å². The van der Waals surface area contributed by atoms with Gasteiger partial charge in [0.05, 0.1) is 6.54 Å². The van der Waals surface area contributed by atoms with Crippen LogP contribution in [0.3, 0.4) is 0 Å². The van der Waals surface area contributed by atoms with Crippen molar-refractivity contribution in [3.8, 4) is 0 Å². The van der Waals surface area contributed by atoms with Crippen molar-refractivity contribution in [1.82, 2.24) is 15.1 Å². The van der Waals surface area contributed by atoms with Gasteiger partial charge in [0, 0.05) is 12.0 Å². The Morgan fingerprint density at radius 2 is 1.91 bits per heavy atom. The molecule has 1 atom stereocenters. The normalized spacial score (nSPS) is 22.8. The summed E-state index contributed by atoms with van der Waals surface area (Å²) in [6, 6.07) is 11.4. The van der Waals surface area contributed by atoms with Gasteiger partial charge in [-0.2, -0.15) is 0 Å². The van der Waals surface area contributed by atoms with E-state index in [9.17, 15) is 0 Å². The molecule has 0 amide bonds. The van der Waals surface area contributed by atoms with Crippen molar-refractivity contribution in [2.75, 3.05) is 6.54 Å². The highest BCUT2D eigenvalue weighted by atomic mass is 16.4. The monoisotopic (exact) mass is 297 g/mol. The van der Waals surface area contributed by atoms with E-state index in [1.165, 1.54) is 37.7 Å². The van der Waals surface area contributed by atoms with Crippen molar-refractivity contribution in [2.24, 2.45) is 0 Å². The molecule has 0 spiro atoms. The van der Waals surface area contributed by atoms with Crippen molar-refractivity contribution < 1.29 is 4.42 Å². The molecule has 2 fully saturated rings. The number of hydrogen-bond acceptors (Lipinski definition) is 4. The number of rotatable bonds is 5. The average Bonchev–Trinajstić information content (AvgIpc) is 3.30. The van der Waals surface area contributed by atoms with Crippen LogP contribution < -0.4 is 0 Å². The fraction of sp³-hybridized carbons (Fsp3) is 0.556. The molecule has 2 aromatic rings. The molecule has 1 saturated heterocycles. The van der Waals surface area contributed by atoms with Crippen molar-refractivity contribution in [3.63, 3.8) is 0 Å². The third kappa shape index (κ3) is 3.22. The molecular formula is C18H23N3O. The highest BCUT2D eigenvalue weighted by molar-refractivity contribution is 5.16. The van der Waals surface area contributed by atoms with Gasteiger partial charge in [-0.3, -0.25) is 4.90 Å². The third-order valence-electron chi connectivity index (χ3n) is 4.81. The maximum Gasteiger partial charge on any atom is 0.230 e. The van der Waals surface area contributed by atoms with E-state index in [-0.39, 0.29) is 0 Å². The summed E-state index contributed by atoms with van der Waals surface area (Å²) in [6.45, 7) is 1.94. The first-order valence-electron chi connectivity index (χ1n) is 8.49. The molecule has 1 aliphatic heterocycles. The fourth-order valence-electron chi connectivity index (χ4n) is 3.38. The van der Waals surface area contributed by atoms with Gasteiger partial charge < -0.3 is 4.42 Å². The van der Waals surface area contributed by atoms with Crippen LogP contribution >= 0.6 is 0 Å². The molecule has 1 aliphatic carbocycles. The number of hydrogen-bond donors (Lipinski definition) is 0. The molecular weight excluding hydrogens is 274 g/mol. The topological polar surface area (TPSA) is 42.2 Å². The van der Waals surface area contributed by atoms with Crippen LogP contribution in [0.2, 0.25) is 0 Å². The molecule has 0 N–H and O–H groups in total. The van der Waals surface area contributed by atoms with Crippen LogP contribution in [0.1, 0.15) is 55.4 Å². The Kier molecular flexibility index (Phi) is 3.94. The zero-order valence-electron chi connectivity index (χ0n) is 12.9. The van der Waals surface area contributed by atoms with E-state index in [0.717, 1.165) is 31.3 Å². The minimum absolute atomic E-state index is 0.544. The lowest BCUT2D eigenvalue weighted by molar-refractivity contribution is 0.126. The Morgan fingerprint density at radius 1 is 1.05 bits per heavy atom. The summed E-state index contributed by atoms with van der Waals surface area (Å²) in [5.41, 5.74) is 1.42. The quantitative estimate of drug-likeness (QED) is 0.846. The summed E-state index contributed by atoms with van der Waals surface area (Å²) in [7, 11) is 0. The minimum Gasteiger partial charge on any atom is -0.424 e. The van der Waals surface area contributed by atoms with E-state index in [1.54, 1.807) is 0 Å². The van der Waals surface area contributed by atoms with E-state index in [2.05, 4.69) is 45.4 Å². The maximum absolute atomic E-state index is 5.84. The van der Waals surface area contributed by atoms with Crippen LogP contribution in [0, 0.1) is 0 Å². The molecule has 22 heavy (non-hydrogen) atoms. The SMILES string of the molecule is c1ccc(CC2CCCCN2Cc2nnc(C3CC3)o2)cc1. The van der Waals surface area contributed by atoms with E-state index >= 15 is 0 Å². The van der Waals surface area contributed by atoms with Crippen LogP contribution in [0.25, 0.3) is 0 Å². The predicted octanol–water partition coefficient (Wildman–Crippen LogP) is 3.54. The lowest BCUT2D eigenvalue weighted by Crippen LogP contribution is -2.40. The summed E-state index contributed by atoms with van der Waals surface area (Å²) in [5, 5.41) is 8.46. The molecule has 1 aromatic heterocycles. The van der Waals surface area contributed by atoms with Crippen molar-refractivity contribution in [2.45, 2.75) is 57.0 Å². The minimum atomic E-state index is 0.544. The standard InChI is InChI=1S/C18H23N3O/c1-2-6-14(7-3-1)12-16-8-4-5-11-21(16)13-17-19-20-18(22-17)15-9-10-15/h1-3,6-7,15-16H,4-5,8-13H2. The smallest absolute Gasteiger partial charge is 0.230 e.